The average Bonchev–Trinajstić information content (AvgIpc) is 3.09. The molecular weight excluding hydrogens is 336 g/mol. The van der Waals surface area contributed by atoms with Gasteiger partial charge in [0, 0.05) is 30.0 Å². The van der Waals surface area contributed by atoms with Gasteiger partial charge in [0.05, 0.1) is 16.0 Å². The molecule has 0 saturated carbocycles. The van der Waals surface area contributed by atoms with Crippen LogP contribution in [0, 0.1) is 10.1 Å². The maximum atomic E-state index is 10.8. The smallest absolute Gasteiger partial charge is 0.271 e. The van der Waals surface area contributed by atoms with Gasteiger partial charge in [-0.05, 0) is 31.7 Å². The van der Waals surface area contributed by atoms with Crippen LogP contribution in [0.4, 0.5) is 11.6 Å². The van der Waals surface area contributed by atoms with Gasteiger partial charge < -0.3 is 9.88 Å². The number of benzene rings is 1. The van der Waals surface area contributed by atoms with E-state index in [1.807, 2.05) is 0 Å². The van der Waals surface area contributed by atoms with Crippen molar-refractivity contribution in [2.24, 2.45) is 0 Å². The van der Waals surface area contributed by atoms with Gasteiger partial charge in [-0.2, -0.15) is 0 Å². The minimum absolute atomic E-state index is 0.0926. The Kier molecular flexibility index (Phi) is 4.10. The second-order valence-electron chi connectivity index (χ2n) is 5.34. The van der Waals surface area contributed by atoms with Gasteiger partial charge in [0.15, 0.2) is 0 Å². The number of nitro groups is 1. The van der Waals surface area contributed by atoms with E-state index in [0.29, 0.717) is 6.04 Å². The SMILES string of the molecule is O=[N+]([O-])c1ccc2nc(N3CCCC3CCCBr)[nH]c2c1. The third kappa shape index (κ3) is 2.88. The zero-order valence-corrected chi connectivity index (χ0v) is 13.2. The summed E-state index contributed by atoms with van der Waals surface area (Å²) in [6.45, 7) is 0.995. The van der Waals surface area contributed by atoms with Crippen molar-refractivity contribution in [1.82, 2.24) is 9.97 Å². The summed E-state index contributed by atoms with van der Waals surface area (Å²) in [5, 5.41) is 11.9. The van der Waals surface area contributed by atoms with Crippen molar-refractivity contribution >= 4 is 38.6 Å². The number of hydrogen-bond acceptors (Lipinski definition) is 4. The Balaban J connectivity index is 1.88. The van der Waals surface area contributed by atoms with E-state index in [1.165, 1.54) is 18.9 Å². The lowest BCUT2D eigenvalue weighted by Gasteiger charge is -2.23. The van der Waals surface area contributed by atoms with Crippen LogP contribution in [-0.4, -0.2) is 32.8 Å². The standard InChI is InChI=1S/C14H17BrN4O2/c15-7-1-3-10-4-2-8-18(10)14-16-12-6-5-11(19(20)21)9-13(12)17-14/h5-6,9-10H,1-4,7-8H2,(H,16,17). The number of fused-ring (bicyclic) bond motifs is 1. The van der Waals surface area contributed by atoms with Crippen molar-refractivity contribution in [2.45, 2.75) is 31.7 Å². The Morgan fingerprint density at radius 2 is 2.38 bits per heavy atom. The highest BCUT2D eigenvalue weighted by molar-refractivity contribution is 9.09. The molecule has 1 aliphatic rings. The van der Waals surface area contributed by atoms with Gasteiger partial charge >= 0.3 is 0 Å². The molecule has 0 bridgehead atoms. The first-order valence-corrected chi connectivity index (χ1v) is 8.28. The number of non-ortho nitro benzene ring substituents is 1. The van der Waals surface area contributed by atoms with Crippen molar-refractivity contribution in [3.63, 3.8) is 0 Å². The lowest BCUT2D eigenvalue weighted by Crippen LogP contribution is -2.30. The monoisotopic (exact) mass is 352 g/mol. The van der Waals surface area contributed by atoms with E-state index in [2.05, 4.69) is 30.8 Å². The fourth-order valence-electron chi connectivity index (χ4n) is 2.96. The van der Waals surface area contributed by atoms with E-state index in [-0.39, 0.29) is 10.6 Å². The van der Waals surface area contributed by atoms with E-state index in [4.69, 9.17) is 0 Å². The number of alkyl halides is 1. The average molecular weight is 353 g/mol. The highest BCUT2D eigenvalue weighted by Gasteiger charge is 2.26. The molecule has 112 valence electrons. The van der Waals surface area contributed by atoms with E-state index in [9.17, 15) is 10.1 Å². The molecule has 1 unspecified atom stereocenters. The fourth-order valence-corrected chi connectivity index (χ4v) is 3.28. The summed E-state index contributed by atoms with van der Waals surface area (Å²) in [5.41, 5.74) is 1.60. The summed E-state index contributed by atoms with van der Waals surface area (Å²) in [6.07, 6.45) is 4.64. The van der Waals surface area contributed by atoms with Gasteiger partial charge in [0.2, 0.25) is 5.95 Å². The largest absolute Gasteiger partial charge is 0.339 e. The number of H-pyrrole nitrogens is 1. The number of halogens is 1. The third-order valence-electron chi connectivity index (χ3n) is 3.98. The van der Waals surface area contributed by atoms with Crippen LogP contribution in [0.1, 0.15) is 25.7 Å². The number of aromatic nitrogens is 2. The molecule has 2 heterocycles. The number of nitro benzene ring substituents is 1. The highest BCUT2D eigenvalue weighted by Crippen LogP contribution is 2.29. The Hall–Kier alpha value is -1.63. The Labute approximate surface area is 130 Å². The second-order valence-corrected chi connectivity index (χ2v) is 6.13. The molecule has 0 amide bonds. The van der Waals surface area contributed by atoms with Crippen LogP contribution >= 0.6 is 15.9 Å². The van der Waals surface area contributed by atoms with Gasteiger partial charge in [-0.1, -0.05) is 15.9 Å². The van der Waals surface area contributed by atoms with Crippen molar-refractivity contribution in [3.05, 3.63) is 28.3 Å². The summed E-state index contributed by atoms with van der Waals surface area (Å²) >= 11 is 3.48. The van der Waals surface area contributed by atoms with Crippen LogP contribution in [0.2, 0.25) is 0 Å². The second kappa shape index (κ2) is 6.01. The minimum atomic E-state index is -0.380. The molecular formula is C14H17BrN4O2. The van der Waals surface area contributed by atoms with Crippen LogP contribution in [0.25, 0.3) is 11.0 Å². The lowest BCUT2D eigenvalue weighted by atomic mass is 10.1. The first kappa shape index (κ1) is 14.3. The van der Waals surface area contributed by atoms with E-state index >= 15 is 0 Å². The van der Waals surface area contributed by atoms with Crippen LogP contribution in [0.5, 0.6) is 0 Å². The minimum Gasteiger partial charge on any atom is -0.339 e. The molecule has 1 aromatic carbocycles. The van der Waals surface area contributed by atoms with E-state index in [1.54, 1.807) is 12.1 Å². The molecule has 1 aliphatic heterocycles. The number of hydrogen-bond donors (Lipinski definition) is 1. The fraction of sp³-hybridized carbons (Fsp3) is 0.500. The third-order valence-corrected chi connectivity index (χ3v) is 4.54. The zero-order chi connectivity index (χ0) is 14.8. The normalized spacial score (nSPS) is 18.5. The number of nitrogens with zero attached hydrogens (tertiary/aromatic N) is 3. The van der Waals surface area contributed by atoms with Gasteiger partial charge in [0.25, 0.3) is 5.69 Å². The van der Waals surface area contributed by atoms with Crippen molar-refractivity contribution < 1.29 is 4.92 Å². The number of nitrogens with one attached hydrogen (secondary N) is 1. The Morgan fingerprint density at radius 3 is 3.14 bits per heavy atom. The quantitative estimate of drug-likeness (QED) is 0.506. The predicted octanol–water partition coefficient (Wildman–Crippen LogP) is 3.62. The maximum absolute atomic E-state index is 10.8. The molecule has 1 saturated heterocycles. The first-order valence-electron chi connectivity index (χ1n) is 7.16. The van der Waals surface area contributed by atoms with Crippen molar-refractivity contribution in [2.75, 3.05) is 16.8 Å². The predicted molar refractivity (Wildman–Crippen MR) is 86.1 cm³/mol. The molecule has 2 aromatic rings. The molecule has 7 heteroatoms. The number of imidazole rings is 1. The molecule has 21 heavy (non-hydrogen) atoms. The van der Waals surface area contributed by atoms with Gasteiger partial charge in [-0.25, -0.2) is 4.98 Å². The number of aromatic amines is 1. The van der Waals surface area contributed by atoms with Crippen LogP contribution in [-0.2, 0) is 0 Å². The molecule has 3 rings (SSSR count). The molecule has 1 N–H and O–H groups in total. The van der Waals surface area contributed by atoms with Crippen LogP contribution < -0.4 is 4.90 Å². The Bertz CT molecular complexity index is 657. The van der Waals surface area contributed by atoms with Crippen LogP contribution in [0.3, 0.4) is 0 Å². The molecule has 1 fully saturated rings. The maximum Gasteiger partial charge on any atom is 0.271 e. The number of anilines is 1. The molecule has 0 spiro atoms. The summed E-state index contributed by atoms with van der Waals surface area (Å²) in [7, 11) is 0. The number of rotatable bonds is 5. The van der Waals surface area contributed by atoms with Gasteiger partial charge in [-0.15, -0.1) is 0 Å². The lowest BCUT2D eigenvalue weighted by molar-refractivity contribution is -0.384. The summed E-state index contributed by atoms with van der Waals surface area (Å²) in [4.78, 5) is 20.6. The molecule has 1 atom stereocenters. The molecule has 6 nitrogen and oxygen atoms in total. The van der Waals surface area contributed by atoms with E-state index in [0.717, 1.165) is 41.7 Å². The molecule has 0 aliphatic carbocycles. The van der Waals surface area contributed by atoms with Crippen molar-refractivity contribution in [3.8, 4) is 0 Å². The van der Waals surface area contributed by atoms with E-state index < -0.39 is 0 Å². The summed E-state index contributed by atoms with van der Waals surface area (Å²) in [5.74, 6) is 0.836. The molecule has 0 radical (unpaired) electrons. The highest BCUT2D eigenvalue weighted by atomic mass is 79.9. The Morgan fingerprint density at radius 1 is 1.52 bits per heavy atom. The summed E-state index contributed by atoms with van der Waals surface area (Å²) in [6, 6.07) is 5.27. The first-order chi connectivity index (χ1) is 10.2. The zero-order valence-electron chi connectivity index (χ0n) is 11.6. The van der Waals surface area contributed by atoms with Crippen molar-refractivity contribution in [1.29, 1.82) is 0 Å². The topological polar surface area (TPSA) is 75.1 Å². The van der Waals surface area contributed by atoms with Crippen LogP contribution in [0.15, 0.2) is 18.2 Å². The summed E-state index contributed by atoms with van der Waals surface area (Å²) < 4.78 is 0. The van der Waals surface area contributed by atoms with Gasteiger partial charge in [-0.3, -0.25) is 10.1 Å². The molecule has 1 aromatic heterocycles. The van der Waals surface area contributed by atoms with Gasteiger partial charge in [0.1, 0.15) is 0 Å².